The second-order valence-electron chi connectivity index (χ2n) is 14.0. The Morgan fingerprint density at radius 3 is 2.16 bits per heavy atom. The van der Waals surface area contributed by atoms with Gasteiger partial charge < -0.3 is 25.4 Å². The van der Waals surface area contributed by atoms with Crippen LogP contribution in [0.1, 0.15) is 53.3 Å². The molecule has 3 aromatic rings. The van der Waals surface area contributed by atoms with Gasteiger partial charge in [0.15, 0.2) is 0 Å². The number of alkyl carbamates (subject to hydrolysis) is 1. The molecule has 3 amide bonds. The first kappa shape index (κ1) is 41.3. The van der Waals surface area contributed by atoms with Crippen LogP contribution in [0.5, 0.6) is 5.75 Å². The van der Waals surface area contributed by atoms with E-state index in [1.54, 1.807) is 0 Å². The number of ether oxygens (including phenoxy) is 2. The molecule has 57 heavy (non-hydrogen) atoms. The van der Waals surface area contributed by atoms with Gasteiger partial charge in [0, 0.05) is 28.8 Å². The van der Waals surface area contributed by atoms with E-state index in [1.165, 1.54) is 24.6 Å². The number of anilines is 1. The van der Waals surface area contributed by atoms with Crippen LogP contribution in [0.4, 0.5) is 58.8 Å². The number of hydrogen-bond donors (Lipinski definition) is 3. The molecule has 19 heteroatoms. The summed E-state index contributed by atoms with van der Waals surface area (Å²) in [5, 5.41) is 6.43. The van der Waals surface area contributed by atoms with Crippen LogP contribution in [0.25, 0.3) is 11.1 Å². The van der Waals surface area contributed by atoms with E-state index in [2.05, 4.69) is 15.4 Å². The molecule has 8 nitrogen and oxygen atoms in total. The Bertz CT molecular complexity index is 2080. The van der Waals surface area contributed by atoms with Gasteiger partial charge in [-0.25, -0.2) is 13.6 Å². The first-order valence-electron chi connectivity index (χ1n) is 17.4. The number of carbonyl (C=O) groups excluding carboxylic acids is 3. The second kappa shape index (κ2) is 15.5. The minimum atomic E-state index is -5.36. The fourth-order valence-electron chi connectivity index (χ4n) is 7.46. The Kier molecular flexibility index (Phi) is 11.2. The molecule has 3 fully saturated rings. The van der Waals surface area contributed by atoms with Crippen molar-refractivity contribution in [1.82, 2.24) is 10.6 Å². The van der Waals surface area contributed by atoms with Gasteiger partial charge >= 0.3 is 24.6 Å². The Labute approximate surface area is 316 Å². The number of nitrogens with one attached hydrogen (secondary N) is 3. The zero-order valence-electron chi connectivity index (χ0n) is 29.5. The number of alkyl halides is 9. The van der Waals surface area contributed by atoms with Crippen molar-refractivity contribution in [1.29, 1.82) is 0 Å². The molecule has 3 aliphatic rings. The normalized spacial score (nSPS) is 21.9. The van der Waals surface area contributed by atoms with Gasteiger partial charge in [-0.3, -0.25) is 9.59 Å². The Balaban J connectivity index is 1.29. The quantitative estimate of drug-likeness (QED) is 0.140. The third-order valence-electron chi connectivity index (χ3n) is 10.1. The Hall–Kier alpha value is -5.36. The van der Waals surface area contributed by atoms with Crippen LogP contribution in [0.3, 0.4) is 0 Å². The lowest BCUT2D eigenvalue weighted by atomic mass is 9.83. The molecule has 5 atom stereocenters. The molecule has 0 radical (unpaired) electrons. The SMILES string of the molecule is COc1ccc(-c2cc(C(OC(=O)NCC(F)(F)F)C(F)(F)F)ccc2F)cc1C(=O)NC1C2CCC(/C2=C/C2CC2)[C@@H]1C(=O)Nc1ccc(F)c(C(F)(F)F)c1. The summed E-state index contributed by atoms with van der Waals surface area (Å²) in [6, 6.07) is 6.49. The molecule has 3 aliphatic carbocycles. The molecule has 0 saturated heterocycles. The lowest BCUT2D eigenvalue weighted by molar-refractivity contribution is -0.207. The number of benzene rings is 3. The summed E-state index contributed by atoms with van der Waals surface area (Å²) in [5.41, 5.74) is -2.82. The van der Waals surface area contributed by atoms with E-state index in [0.717, 1.165) is 30.5 Å². The van der Waals surface area contributed by atoms with Gasteiger partial charge in [-0.05, 0) is 85.5 Å². The van der Waals surface area contributed by atoms with Crippen molar-refractivity contribution >= 4 is 23.6 Å². The molecule has 0 aromatic heterocycles. The second-order valence-corrected chi connectivity index (χ2v) is 14.0. The Morgan fingerprint density at radius 2 is 1.53 bits per heavy atom. The van der Waals surface area contributed by atoms with Crippen LogP contribution in [0.2, 0.25) is 0 Å². The molecule has 2 bridgehead atoms. The van der Waals surface area contributed by atoms with Crippen LogP contribution >= 0.6 is 0 Å². The molecule has 0 spiro atoms. The summed E-state index contributed by atoms with van der Waals surface area (Å²) in [4.78, 5) is 39.8. The maximum absolute atomic E-state index is 15.3. The molecule has 306 valence electrons. The number of fused-ring (bicyclic) bond motifs is 2. The van der Waals surface area contributed by atoms with E-state index in [-0.39, 0.29) is 34.4 Å². The van der Waals surface area contributed by atoms with E-state index < -0.39 is 95.3 Å². The maximum Gasteiger partial charge on any atom is 0.429 e. The van der Waals surface area contributed by atoms with Crippen molar-refractivity contribution < 1.29 is 72.2 Å². The molecule has 3 aromatic carbocycles. The number of carbonyl (C=O) groups is 3. The van der Waals surface area contributed by atoms with Crippen molar-refractivity contribution in [2.24, 2.45) is 23.7 Å². The summed E-state index contributed by atoms with van der Waals surface area (Å²) in [5.74, 6) is -5.78. The van der Waals surface area contributed by atoms with Crippen LogP contribution < -0.4 is 20.7 Å². The van der Waals surface area contributed by atoms with E-state index in [0.29, 0.717) is 43.2 Å². The third-order valence-corrected chi connectivity index (χ3v) is 10.1. The van der Waals surface area contributed by atoms with E-state index in [1.807, 2.05) is 6.08 Å². The standard InChI is InChI=1S/C38H32F11N3O5/c1-56-29-11-5-18(23-14-19(4-9-27(23)39)32(38(47,48)49)57-35(55)50-16-36(41,42)43)13-25(29)33(53)52-31-22-8-7-21(24(22)12-17-2-3-17)30(31)34(54)51-20-6-10-28(40)26(15-20)37(44,45)46/h4-6,9-15,17,21-22,30-32H,2-3,7-8,16H2,1H3,(H,50,55)(H,51,54)(H,52,53)/b24-12-/t21?,22?,30-,31?,32?/m0/s1. The summed E-state index contributed by atoms with van der Waals surface area (Å²) in [6.07, 6.45) is -15.6. The minimum absolute atomic E-state index is 0.0745. The van der Waals surface area contributed by atoms with Crippen LogP contribution in [-0.2, 0) is 15.7 Å². The predicted octanol–water partition coefficient (Wildman–Crippen LogP) is 9.28. The fraction of sp³-hybridized carbons (Fsp3) is 0.395. The van der Waals surface area contributed by atoms with Crippen molar-refractivity contribution in [3.05, 3.63) is 94.6 Å². The highest BCUT2D eigenvalue weighted by atomic mass is 19.4. The van der Waals surface area contributed by atoms with Crippen LogP contribution in [0, 0.1) is 35.3 Å². The van der Waals surface area contributed by atoms with Gasteiger partial charge in [0.2, 0.25) is 12.0 Å². The molecule has 3 saturated carbocycles. The molecule has 0 heterocycles. The van der Waals surface area contributed by atoms with E-state index >= 15 is 4.39 Å². The third kappa shape index (κ3) is 9.28. The monoisotopic (exact) mass is 819 g/mol. The zero-order valence-corrected chi connectivity index (χ0v) is 29.5. The number of rotatable bonds is 10. The van der Waals surface area contributed by atoms with Gasteiger partial charge in [-0.2, -0.15) is 39.5 Å². The highest BCUT2D eigenvalue weighted by Gasteiger charge is 2.55. The number of halogens is 11. The molecule has 0 aliphatic heterocycles. The summed E-state index contributed by atoms with van der Waals surface area (Å²) < 4.78 is 159. The summed E-state index contributed by atoms with van der Waals surface area (Å²) in [6.45, 7) is -1.98. The van der Waals surface area contributed by atoms with E-state index in [4.69, 9.17) is 4.74 Å². The Morgan fingerprint density at radius 1 is 0.842 bits per heavy atom. The van der Waals surface area contributed by atoms with Crippen LogP contribution in [0.15, 0.2) is 66.2 Å². The van der Waals surface area contributed by atoms with Gasteiger partial charge in [0.25, 0.3) is 5.91 Å². The summed E-state index contributed by atoms with van der Waals surface area (Å²) in [7, 11) is 1.20. The van der Waals surface area contributed by atoms with Gasteiger partial charge in [-0.1, -0.05) is 23.8 Å². The molecular weight excluding hydrogens is 787 g/mol. The van der Waals surface area contributed by atoms with Crippen molar-refractivity contribution in [2.45, 2.75) is 56.4 Å². The topological polar surface area (TPSA) is 106 Å². The van der Waals surface area contributed by atoms with Crippen molar-refractivity contribution in [3.63, 3.8) is 0 Å². The fourth-order valence-corrected chi connectivity index (χ4v) is 7.46. The number of hydrogen-bond acceptors (Lipinski definition) is 5. The highest BCUT2D eigenvalue weighted by molar-refractivity contribution is 6.00. The van der Waals surface area contributed by atoms with Crippen molar-refractivity contribution in [3.8, 4) is 16.9 Å². The first-order valence-corrected chi connectivity index (χ1v) is 17.4. The highest BCUT2D eigenvalue weighted by Crippen LogP contribution is 2.54. The van der Waals surface area contributed by atoms with Gasteiger partial charge in [-0.15, -0.1) is 0 Å². The first-order chi connectivity index (χ1) is 26.6. The number of amides is 3. The number of allylic oxidation sites excluding steroid dienone is 1. The molecule has 4 unspecified atom stereocenters. The average Bonchev–Trinajstić information content (AvgIpc) is 3.81. The van der Waals surface area contributed by atoms with E-state index in [9.17, 15) is 58.3 Å². The average molecular weight is 820 g/mol. The molecule has 3 N–H and O–H groups in total. The summed E-state index contributed by atoms with van der Waals surface area (Å²) >= 11 is 0. The lowest BCUT2D eigenvalue weighted by Crippen LogP contribution is -2.48. The minimum Gasteiger partial charge on any atom is -0.496 e. The molecule has 6 rings (SSSR count). The van der Waals surface area contributed by atoms with Crippen LogP contribution in [-0.4, -0.2) is 50.0 Å². The van der Waals surface area contributed by atoms with Gasteiger partial charge in [0.1, 0.15) is 23.9 Å². The largest absolute Gasteiger partial charge is 0.496 e. The maximum atomic E-state index is 15.3. The smallest absolute Gasteiger partial charge is 0.429 e. The lowest BCUT2D eigenvalue weighted by Gasteiger charge is -2.30. The number of methoxy groups -OCH3 is 1. The molecular formula is C38H32F11N3O5. The van der Waals surface area contributed by atoms with Crippen molar-refractivity contribution in [2.75, 3.05) is 19.0 Å². The van der Waals surface area contributed by atoms with Gasteiger partial charge in [0.05, 0.1) is 24.2 Å². The zero-order chi connectivity index (χ0) is 41.6. The predicted molar refractivity (Wildman–Crippen MR) is 180 cm³/mol.